The fourth-order valence-electron chi connectivity index (χ4n) is 3.16. The Morgan fingerprint density at radius 2 is 1.85 bits per heavy atom. The molecular weight excluding hydrogens is 358 g/mol. The average Bonchev–Trinajstić information content (AvgIpc) is 2.72. The van der Waals surface area contributed by atoms with Gasteiger partial charge in [-0.1, -0.05) is 23.7 Å². The molecule has 2 aromatic rings. The predicted octanol–water partition coefficient (Wildman–Crippen LogP) is 3.98. The van der Waals surface area contributed by atoms with Gasteiger partial charge in [-0.15, -0.1) is 0 Å². The van der Waals surface area contributed by atoms with Crippen LogP contribution in [-0.2, 0) is 13.1 Å². The molecule has 0 atom stereocenters. The van der Waals surface area contributed by atoms with Crippen LogP contribution < -0.4 is 15.5 Å². The molecule has 0 spiro atoms. The molecule has 2 heterocycles. The molecule has 3 rings (SSSR count). The Morgan fingerprint density at radius 1 is 1.07 bits per heavy atom. The van der Waals surface area contributed by atoms with Gasteiger partial charge in [0.15, 0.2) is 5.96 Å². The largest absolute Gasteiger partial charge is 0.357 e. The highest BCUT2D eigenvalue weighted by atomic mass is 35.5. The third-order valence-corrected chi connectivity index (χ3v) is 4.88. The minimum absolute atomic E-state index is 0.624. The average molecular weight is 386 g/mol. The number of hydrogen-bond donors (Lipinski definition) is 2. The van der Waals surface area contributed by atoms with Crippen LogP contribution in [0.5, 0.6) is 0 Å². The van der Waals surface area contributed by atoms with Crippen molar-refractivity contribution in [3.05, 3.63) is 58.7 Å². The van der Waals surface area contributed by atoms with E-state index in [1.807, 2.05) is 36.5 Å². The molecule has 0 bridgehead atoms. The van der Waals surface area contributed by atoms with Crippen molar-refractivity contribution in [1.29, 1.82) is 0 Å². The van der Waals surface area contributed by atoms with Gasteiger partial charge >= 0.3 is 0 Å². The summed E-state index contributed by atoms with van der Waals surface area (Å²) >= 11 is 5.95. The van der Waals surface area contributed by atoms with Gasteiger partial charge in [-0.25, -0.2) is 9.98 Å². The summed E-state index contributed by atoms with van der Waals surface area (Å²) in [7, 11) is 0. The molecule has 1 fully saturated rings. The van der Waals surface area contributed by atoms with E-state index in [9.17, 15) is 0 Å². The lowest BCUT2D eigenvalue weighted by atomic mass is 10.1. The van der Waals surface area contributed by atoms with Crippen molar-refractivity contribution < 1.29 is 0 Å². The molecule has 0 amide bonds. The normalized spacial score (nSPS) is 14.9. The van der Waals surface area contributed by atoms with Crippen molar-refractivity contribution in [2.45, 2.75) is 39.3 Å². The van der Waals surface area contributed by atoms with Gasteiger partial charge in [-0.05, 0) is 61.6 Å². The zero-order chi connectivity index (χ0) is 18.9. The second kappa shape index (κ2) is 10.2. The molecule has 1 aliphatic heterocycles. The van der Waals surface area contributed by atoms with Crippen LogP contribution in [0.3, 0.4) is 0 Å². The van der Waals surface area contributed by atoms with Gasteiger partial charge in [0.2, 0.25) is 0 Å². The van der Waals surface area contributed by atoms with Gasteiger partial charge < -0.3 is 15.5 Å². The summed E-state index contributed by atoms with van der Waals surface area (Å²) in [5.74, 6) is 1.88. The summed E-state index contributed by atoms with van der Waals surface area (Å²) in [4.78, 5) is 11.6. The highest BCUT2D eigenvalue weighted by Gasteiger charge is 2.12. The maximum Gasteiger partial charge on any atom is 0.191 e. The molecular formula is C21H28ClN5. The number of nitrogens with zero attached hydrogens (tertiary/aromatic N) is 3. The van der Waals surface area contributed by atoms with Crippen molar-refractivity contribution in [3.8, 4) is 0 Å². The number of nitrogens with one attached hydrogen (secondary N) is 2. The molecule has 6 heteroatoms. The Morgan fingerprint density at radius 3 is 2.59 bits per heavy atom. The second-order valence-corrected chi connectivity index (χ2v) is 7.18. The van der Waals surface area contributed by atoms with Crippen LogP contribution in [-0.4, -0.2) is 30.6 Å². The van der Waals surface area contributed by atoms with Crippen molar-refractivity contribution >= 4 is 23.4 Å². The number of rotatable bonds is 6. The molecule has 0 radical (unpaired) electrons. The van der Waals surface area contributed by atoms with Crippen molar-refractivity contribution in [3.63, 3.8) is 0 Å². The van der Waals surface area contributed by atoms with Crippen LogP contribution in [0.2, 0.25) is 5.02 Å². The van der Waals surface area contributed by atoms with E-state index in [0.717, 1.165) is 36.4 Å². The summed E-state index contributed by atoms with van der Waals surface area (Å²) in [5.41, 5.74) is 2.34. The highest BCUT2D eigenvalue weighted by molar-refractivity contribution is 6.30. The topological polar surface area (TPSA) is 52.6 Å². The van der Waals surface area contributed by atoms with E-state index in [1.54, 1.807) is 0 Å². The molecule has 1 saturated heterocycles. The first-order chi connectivity index (χ1) is 13.2. The maximum absolute atomic E-state index is 5.95. The lowest BCUT2D eigenvalue weighted by Gasteiger charge is -2.27. The first kappa shape index (κ1) is 19.5. The second-order valence-electron chi connectivity index (χ2n) is 6.75. The lowest BCUT2D eigenvalue weighted by Crippen LogP contribution is -2.36. The maximum atomic E-state index is 5.95. The van der Waals surface area contributed by atoms with E-state index >= 15 is 0 Å². The van der Waals surface area contributed by atoms with Gasteiger partial charge in [0, 0.05) is 37.4 Å². The fraction of sp³-hybridized carbons (Fsp3) is 0.429. The summed E-state index contributed by atoms with van der Waals surface area (Å²) < 4.78 is 0. The number of halogens is 1. The fourth-order valence-corrected chi connectivity index (χ4v) is 3.28. The third-order valence-electron chi connectivity index (χ3n) is 4.63. The first-order valence-corrected chi connectivity index (χ1v) is 10.1. The number of benzene rings is 1. The number of aromatic nitrogens is 1. The molecule has 0 aliphatic carbocycles. The molecule has 27 heavy (non-hydrogen) atoms. The van der Waals surface area contributed by atoms with Crippen molar-refractivity contribution in [1.82, 2.24) is 15.6 Å². The Kier molecular flexibility index (Phi) is 7.34. The summed E-state index contributed by atoms with van der Waals surface area (Å²) in [6.45, 7) is 6.43. The van der Waals surface area contributed by atoms with Crippen LogP contribution >= 0.6 is 11.6 Å². The predicted molar refractivity (Wildman–Crippen MR) is 113 cm³/mol. The van der Waals surface area contributed by atoms with E-state index in [0.29, 0.717) is 13.1 Å². The Hall–Kier alpha value is -2.27. The minimum Gasteiger partial charge on any atom is -0.357 e. The molecule has 0 unspecified atom stereocenters. The van der Waals surface area contributed by atoms with Gasteiger partial charge in [0.25, 0.3) is 0 Å². The Balaban J connectivity index is 1.61. The quantitative estimate of drug-likeness (QED) is 0.583. The van der Waals surface area contributed by atoms with E-state index in [1.165, 1.54) is 30.4 Å². The van der Waals surface area contributed by atoms with Crippen LogP contribution in [0.15, 0.2) is 47.6 Å². The molecule has 1 aliphatic rings. The number of anilines is 1. The molecule has 144 valence electrons. The minimum atomic E-state index is 0.624. The van der Waals surface area contributed by atoms with E-state index in [-0.39, 0.29) is 0 Å². The number of pyridine rings is 1. The van der Waals surface area contributed by atoms with Crippen LogP contribution in [0.4, 0.5) is 5.82 Å². The number of hydrogen-bond acceptors (Lipinski definition) is 3. The van der Waals surface area contributed by atoms with E-state index < -0.39 is 0 Å². The molecule has 1 aromatic heterocycles. The van der Waals surface area contributed by atoms with E-state index in [2.05, 4.69) is 33.5 Å². The molecule has 0 saturated carbocycles. The van der Waals surface area contributed by atoms with Gasteiger partial charge in [-0.2, -0.15) is 0 Å². The summed E-state index contributed by atoms with van der Waals surface area (Å²) in [5, 5.41) is 7.43. The third kappa shape index (κ3) is 6.14. The van der Waals surface area contributed by atoms with E-state index in [4.69, 9.17) is 16.6 Å². The first-order valence-electron chi connectivity index (χ1n) is 9.71. The molecule has 2 N–H and O–H groups in total. The Labute approximate surface area is 166 Å². The van der Waals surface area contributed by atoms with Crippen molar-refractivity contribution in [2.75, 3.05) is 24.5 Å². The SMILES string of the molecule is CCNC(=NCc1ccnc(N2CCCCC2)c1)NCc1ccc(Cl)cc1. The Bertz CT molecular complexity index is 738. The van der Waals surface area contributed by atoms with Gasteiger partial charge in [0.05, 0.1) is 6.54 Å². The van der Waals surface area contributed by atoms with Crippen LogP contribution in [0.25, 0.3) is 0 Å². The number of aliphatic imine (C=N–C) groups is 1. The monoisotopic (exact) mass is 385 g/mol. The zero-order valence-electron chi connectivity index (χ0n) is 15.9. The molecule has 5 nitrogen and oxygen atoms in total. The smallest absolute Gasteiger partial charge is 0.191 e. The highest BCUT2D eigenvalue weighted by Crippen LogP contribution is 2.18. The van der Waals surface area contributed by atoms with Crippen LogP contribution in [0.1, 0.15) is 37.3 Å². The number of piperidine rings is 1. The standard InChI is InChI=1S/C21H28ClN5/c1-2-23-21(25-15-17-6-8-19(22)9-7-17)26-16-18-10-11-24-20(14-18)27-12-4-3-5-13-27/h6-11,14H,2-5,12-13,15-16H2,1H3,(H2,23,25,26). The van der Waals surface area contributed by atoms with Gasteiger partial charge in [0.1, 0.15) is 5.82 Å². The van der Waals surface area contributed by atoms with Crippen LogP contribution in [0, 0.1) is 0 Å². The number of guanidine groups is 1. The zero-order valence-corrected chi connectivity index (χ0v) is 16.7. The van der Waals surface area contributed by atoms with Crippen molar-refractivity contribution in [2.24, 2.45) is 4.99 Å². The lowest BCUT2D eigenvalue weighted by molar-refractivity contribution is 0.573. The summed E-state index contributed by atoms with van der Waals surface area (Å²) in [6, 6.07) is 12.1. The van der Waals surface area contributed by atoms with Gasteiger partial charge in [-0.3, -0.25) is 0 Å². The molecule has 1 aromatic carbocycles. The summed E-state index contributed by atoms with van der Waals surface area (Å²) in [6.07, 6.45) is 5.72.